The summed E-state index contributed by atoms with van der Waals surface area (Å²) in [6.45, 7) is 0.206. The van der Waals surface area contributed by atoms with Crippen LogP contribution in [0.2, 0.25) is 0 Å². The minimum absolute atomic E-state index is 0.0360. The molecule has 2 rings (SSSR count). The Morgan fingerprint density at radius 2 is 1.57 bits per heavy atom. The molecule has 0 fully saturated rings. The van der Waals surface area contributed by atoms with Gasteiger partial charge in [-0.25, -0.2) is 17.5 Å². The largest absolute Gasteiger partial charge is 0.215 e. The molecular weight excluding hydrogens is 289 g/mol. The average molecular weight is 307 g/mol. The van der Waals surface area contributed by atoms with Gasteiger partial charge in [-0.05, 0) is 30.0 Å². The predicted octanol–water partition coefficient (Wildman–Crippen LogP) is 2.53. The monoisotopic (exact) mass is 307 g/mol. The Balaban J connectivity index is 1.80. The molecule has 0 bridgehead atoms. The fourth-order valence-electron chi connectivity index (χ4n) is 2.01. The molecule has 0 saturated heterocycles. The van der Waals surface area contributed by atoms with E-state index in [4.69, 9.17) is 0 Å². The Hall–Kier alpha value is -1.72. The molecule has 0 aromatic heterocycles. The third-order valence-electron chi connectivity index (χ3n) is 3.18. The lowest BCUT2D eigenvalue weighted by molar-refractivity contribution is 0.577. The van der Waals surface area contributed by atoms with E-state index in [1.807, 2.05) is 30.3 Å². The van der Waals surface area contributed by atoms with E-state index in [9.17, 15) is 12.8 Å². The highest BCUT2D eigenvalue weighted by atomic mass is 32.2. The number of hydrogen-bond acceptors (Lipinski definition) is 2. The van der Waals surface area contributed by atoms with Crippen LogP contribution in [0.25, 0.3) is 0 Å². The van der Waals surface area contributed by atoms with Gasteiger partial charge in [0.1, 0.15) is 5.82 Å². The molecule has 0 spiro atoms. The average Bonchev–Trinajstić information content (AvgIpc) is 2.48. The van der Waals surface area contributed by atoms with Gasteiger partial charge in [0.05, 0.1) is 5.75 Å². The molecule has 0 aliphatic carbocycles. The maximum Gasteiger partial charge on any atom is 0.211 e. The van der Waals surface area contributed by atoms with E-state index in [-0.39, 0.29) is 18.1 Å². The van der Waals surface area contributed by atoms with Crippen LogP contribution < -0.4 is 4.72 Å². The van der Waals surface area contributed by atoms with Gasteiger partial charge in [-0.1, -0.05) is 48.5 Å². The van der Waals surface area contributed by atoms with Crippen LogP contribution in [0.1, 0.15) is 11.1 Å². The molecule has 2 aromatic carbocycles. The Labute approximate surface area is 124 Å². The van der Waals surface area contributed by atoms with Crippen molar-refractivity contribution >= 4 is 10.0 Å². The SMILES string of the molecule is O=S(=O)(CCc1ccccc1)NCCc1ccccc1F. The summed E-state index contributed by atoms with van der Waals surface area (Å²) in [4.78, 5) is 0. The van der Waals surface area contributed by atoms with E-state index in [1.165, 1.54) is 6.07 Å². The minimum atomic E-state index is -3.34. The molecule has 0 aliphatic rings. The molecule has 0 unspecified atom stereocenters. The van der Waals surface area contributed by atoms with Crippen LogP contribution in [-0.4, -0.2) is 20.7 Å². The number of hydrogen-bond donors (Lipinski definition) is 1. The van der Waals surface area contributed by atoms with Crippen LogP contribution in [0.15, 0.2) is 54.6 Å². The van der Waals surface area contributed by atoms with Gasteiger partial charge in [-0.2, -0.15) is 0 Å². The van der Waals surface area contributed by atoms with Crippen molar-refractivity contribution in [2.45, 2.75) is 12.8 Å². The topological polar surface area (TPSA) is 46.2 Å². The smallest absolute Gasteiger partial charge is 0.211 e. The first-order chi connectivity index (χ1) is 10.1. The molecule has 3 nitrogen and oxygen atoms in total. The first kappa shape index (κ1) is 15.7. The second-order valence-corrected chi connectivity index (χ2v) is 6.72. The Morgan fingerprint density at radius 1 is 0.905 bits per heavy atom. The second-order valence-electron chi connectivity index (χ2n) is 4.79. The van der Waals surface area contributed by atoms with Gasteiger partial charge in [-0.15, -0.1) is 0 Å². The van der Waals surface area contributed by atoms with Gasteiger partial charge in [0.15, 0.2) is 0 Å². The highest BCUT2D eigenvalue weighted by Crippen LogP contribution is 2.07. The molecule has 5 heteroatoms. The number of nitrogens with one attached hydrogen (secondary N) is 1. The van der Waals surface area contributed by atoms with Gasteiger partial charge < -0.3 is 0 Å². The summed E-state index contributed by atoms with van der Waals surface area (Å²) < 4.78 is 39.7. The number of halogens is 1. The molecule has 1 N–H and O–H groups in total. The molecule has 0 atom stereocenters. The van der Waals surface area contributed by atoms with Crippen molar-refractivity contribution in [3.05, 3.63) is 71.5 Å². The summed E-state index contributed by atoms with van der Waals surface area (Å²) in [6, 6.07) is 15.8. The maximum atomic E-state index is 13.4. The lowest BCUT2D eigenvalue weighted by Crippen LogP contribution is -2.29. The molecule has 2 aromatic rings. The van der Waals surface area contributed by atoms with E-state index < -0.39 is 10.0 Å². The van der Waals surface area contributed by atoms with Crippen molar-refractivity contribution in [3.63, 3.8) is 0 Å². The van der Waals surface area contributed by atoms with Crippen LogP contribution in [-0.2, 0) is 22.9 Å². The molecular formula is C16H18FNO2S. The van der Waals surface area contributed by atoms with Crippen LogP contribution >= 0.6 is 0 Å². The van der Waals surface area contributed by atoms with Gasteiger partial charge in [0, 0.05) is 6.54 Å². The minimum Gasteiger partial charge on any atom is -0.215 e. The second kappa shape index (κ2) is 7.33. The van der Waals surface area contributed by atoms with Crippen molar-refractivity contribution in [2.75, 3.05) is 12.3 Å². The van der Waals surface area contributed by atoms with Gasteiger partial charge in [0.25, 0.3) is 0 Å². The van der Waals surface area contributed by atoms with E-state index >= 15 is 0 Å². The number of rotatable bonds is 7. The van der Waals surface area contributed by atoms with E-state index in [1.54, 1.807) is 18.2 Å². The lowest BCUT2D eigenvalue weighted by Gasteiger charge is -2.07. The number of aryl methyl sites for hydroxylation is 1. The fraction of sp³-hybridized carbons (Fsp3) is 0.250. The first-order valence-electron chi connectivity index (χ1n) is 6.81. The van der Waals surface area contributed by atoms with Gasteiger partial charge in [0.2, 0.25) is 10.0 Å². The van der Waals surface area contributed by atoms with Crippen molar-refractivity contribution in [3.8, 4) is 0 Å². The Kier molecular flexibility index (Phi) is 5.47. The molecule has 0 amide bonds. The summed E-state index contributed by atoms with van der Waals surface area (Å²) in [5, 5.41) is 0. The van der Waals surface area contributed by atoms with Crippen molar-refractivity contribution in [1.82, 2.24) is 4.72 Å². The van der Waals surface area contributed by atoms with E-state index in [0.29, 0.717) is 18.4 Å². The maximum absolute atomic E-state index is 13.4. The number of benzene rings is 2. The predicted molar refractivity (Wildman–Crippen MR) is 82.0 cm³/mol. The van der Waals surface area contributed by atoms with Crippen LogP contribution in [0.5, 0.6) is 0 Å². The molecule has 0 aliphatic heterocycles. The van der Waals surface area contributed by atoms with Crippen LogP contribution in [0.4, 0.5) is 4.39 Å². The quantitative estimate of drug-likeness (QED) is 0.854. The first-order valence-corrected chi connectivity index (χ1v) is 8.47. The van der Waals surface area contributed by atoms with E-state index in [2.05, 4.69) is 4.72 Å². The van der Waals surface area contributed by atoms with Crippen LogP contribution in [0.3, 0.4) is 0 Å². The third kappa shape index (κ3) is 5.28. The Bertz CT molecular complexity index is 672. The highest BCUT2D eigenvalue weighted by Gasteiger charge is 2.10. The van der Waals surface area contributed by atoms with Crippen LogP contribution in [0, 0.1) is 5.82 Å². The van der Waals surface area contributed by atoms with Crippen molar-refractivity contribution in [1.29, 1.82) is 0 Å². The fourth-order valence-corrected chi connectivity index (χ4v) is 3.07. The Morgan fingerprint density at radius 3 is 2.29 bits per heavy atom. The van der Waals surface area contributed by atoms with Gasteiger partial charge in [-0.3, -0.25) is 0 Å². The zero-order valence-electron chi connectivity index (χ0n) is 11.6. The normalized spacial score (nSPS) is 11.5. The highest BCUT2D eigenvalue weighted by molar-refractivity contribution is 7.89. The van der Waals surface area contributed by atoms with Crippen molar-refractivity contribution in [2.24, 2.45) is 0 Å². The summed E-state index contributed by atoms with van der Waals surface area (Å²) in [5.41, 5.74) is 1.50. The lowest BCUT2D eigenvalue weighted by atomic mass is 10.1. The van der Waals surface area contributed by atoms with E-state index in [0.717, 1.165) is 5.56 Å². The molecule has 0 heterocycles. The third-order valence-corrected chi connectivity index (χ3v) is 4.56. The standard InChI is InChI=1S/C16H18FNO2S/c17-16-9-5-4-8-15(16)10-12-18-21(19,20)13-11-14-6-2-1-3-7-14/h1-9,18H,10-13H2. The molecule has 0 radical (unpaired) electrons. The molecule has 0 saturated carbocycles. The molecule has 21 heavy (non-hydrogen) atoms. The molecule has 112 valence electrons. The van der Waals surface area contributed by atoms with Crippen molar-refractivity contribution < 1.29 is 12.8 Å². The summed E-state index contributed by atoms with van der Waals surface area (Å²) >= 11 is 0. The van der Waals surface area contributed by atoms with Gasteiger partial charge >= 0.3 is 0 Å². The zero-order valence-corrected chi connectivity index (χ0v) is 12.4. The summed E-state index contributed by atoms with van der Waals surface area (Å²) in [7, 11) is -3.34. The number of sulfonamides is 1. The zero-order chi connectivity index (χ0) is 15.1. The summed E-state index contributed by atoms with van der Waals surface area (Å²) in [6.07, 6.45) is 0.813. The summed E-state index contributed by atoms with van der Waals surface area (Å²) in [5.74, 6) is -0.269.